The molecule has 31 heavy (non-hydrogen) atoms. The predicted molar refractivity (Wildman–Crippen MR) is 125 cm³/mol. The van der Waals surface area contributed by atoms with Crippen LogP contribution in [0.2, 0.25) is 10.0 Å². The molecule has 2 heterocycles. The number of rotatable bonds is 6. The highest BCUT2D eigenvalue weighted by Crippen LogP contribution is 2.21. The molecule has 10 heteroatoms. The van der Waals surface area contributed by atoms with Gasteiger partial charge in [-0.1, -0.05) is 47.5 Å². The van der Waals surface area contributed by atoms with E-state index in [1.165, 1.54) is 6.07 Å². The Labute approximate surface area is 193 Å². The molecule has 0 aliphatic carbocycles. The lowest BCUT2D eigenvalue weighted by atomic mass is 10.2. The fourth-order valence-electron chi connectivity index (χ4n) is 2.97. The van der Waals surface area contributed by atoms with Crippen molar-refractivity contribution in [3.8, 4) is 0 Å². The summed E-state index contributed by atoms with van der Waals surface area (Å²) in [6.45, 7) is 0.759. The van der Waals surface area contributed by atoms with Gasteiger partial charge in [0.2, 0.25) is 0 Å². The lowest BCUT2D eigenvalue weighted by molar-refractivity contribution is 0.585. The maximum atomic E-state index is 14.0. The standard InChI is InChI=1S/C21H17Cl2FN6S/c22-18-5-2-1-4-14(18)10-29-11-15(8-25-29)27-21(31)28-16-9-26-30(12-16)13-17-19(23)6-3-7-20(17)24/h1-9,11-12H,10,13H2,(H2,27,28,31). The van der Waals surface area contributed by atoms with E-state index in [0.717, 1.165) is 11.3 Å². The van der Waals surface area contributed by atoms with Crippen LogP contribution in [0.4, 0.5) is 15.8 Å². The third-order valence-electron chi connectivity index (χ3n) is 4.45. The monoisotopic (exact) mass is 474 g/mol. The first kappa shape index (κ1) is 21.3. The fourth-order valence-corrected chi connectivity index (χ4v) is 3.62. The summed E-state index contributed by atoms with van der Waals surface area (Å²) in [5.74, 6) is -0.372. The zero-order valence-corrected chi connectivity index (χ0v) is 18.4. The molecule has 0 atom stereocenters. The number of benzene rings is 2. The van der Waals surface area contributed by atoms with Crippen molar-refractivity contribution in [2.24, 2.45) is 0 Å². The van der Waals surface area contributed by atoms with E-state index in [9.17, 15) is 4.39 Å². The van der Waals surface area contributed by atoms with Crippen molar-refractivity contribution >= 4 is 51.9 Å². The molecule has 158 valence electrons. The first-order valence-electron chi connectivity index (χ1n) is 9.27. The molecule has 0 spiro atoms. The van der Waals surface area contributed by atoms with Gasteiger partial charge in [0.25, 0.3) is 0 Å². The summed E-state index contributed by atoms with van der Waals surface area (Å²) in [6, 6.07) is 12.2. The van der Waals surface area contributed by atoms with E-state index in [1.54, 1.807) is 40.1 Å². The molecule has 6 nitrogen and oxygen atoms in total. The summed E-state index contributed by atoms with van der Waals surface area (Å²) in [7, 11) is 0. The number of hydrogen-bond acceptors (Lipinski definition) is 3. The van der Waals surface area contributed by atoms with E-state index in [2.05, 4.69) is 20.8 Å². The first-order chi connectivity index (χ1) is 15.0. The van der Waals surface area contributed by atoms with Gasteiger partial charge in [0, 0.05) is 28.0 Å². The smallest absolute Gasteiger partial charge is 0.175 e. The molecule has 2 aromatic carbocycles. The molecule has 0 fully saturated rings. The quantitative estimate of drug-likeness (QED) is 0.364. The molecule has 2 N–H and O–H groups in total. The normalized spacial score (nSPS) is 10.8. The second-order valence-electron chi connectivity index (χ2n) is 6.72. The molecule has 0 unspecified atom stereocenters. The summed E-state index contributed by atoms with van der Waals surface area (Å²) in [6.07, 6.45) is 6.83. The van der Waals surface area contributed by atoms with Crippen LogP contribution < -0.4 is 10.6 Å². The predicted octanol–water partition coefficient (Wildman–Crippen LogP) is 5.43. The van der Waals surface area contributed by atoms with Gasteiger partial charge in [-0.15, -0.1) is 0 Å². The molecule has 0 aliphatic rings. The van der Waals surface area contributed by atoms with Gasteiger partial charge in [-0.3, -0.25) is 9.36 Å². The number of halogens is 3. The topological polar surface area (TPSA) is 59.7 Å². The number of nitrogens with zero attached hydrogens (tertiary/aromatic N) is 4. The summed E-state index contributed by atoms with van der Waals surface area (Å²) < 4.78 is 17.3. The summed E-state index contributed by atoms with van der Waals surface area (Å²) in [5, 5.41) is 16.1. The van der Waals surface area contributed by atoms with E-state index in [1.807, 2.05) is 30.5 Å². The van der Waals surface area contributed by atoms with Gasteiger partial charge in [0.15, 0.2) is 5.11 Å². The molecule has 0 saturated carbocycles. The Balaban J connectivity index is 1.35. The number of thiocarbonyl (C=S) groups is 1. The molecule has 4 rings (SSSR count). The van der Waals surface area contributed by atoms with E-state index in [-0.39, 0.29) is 12.4 Å². The highest BCUT2D eigenvalue weighted by atomic mass is 35.5. The Kier molecular flexibility index (Phi) is 6.50. The van der Waals surface area contributed by atoms with Crippen LogP contribution >= 0.6 is 35.4 Å². The number of anilines is 2. The lowest BCUT2D eigenvalue weighted by Gasteiger charge is -2.07. The lowest BCUT2D eigenvalue weighted by Crippen LogP contribution is -2.18. The second kappa shape index (κ2) is 9.47. The highest BCUT2D eigenvalue weighted by Gasteiger charge is 2.10. The number of nitrogens with one attached hydrogen (secondary N) is 2. The minimum absolute atomic E-state index is 0.211. The molecular formula is C21H17Cl2FN6S. The molecule has 0 amide bonds. The third-order valence-corrected chi connectivity index (χ3v) is 5.38. The molecule has 0 bridgehead atoms. The second-order valence-corrected chi connectivity index (χ2v) is 7.95. The Hall–Kier alpha value is -2.94. The molecule has 0 aliphatic heterocycles. The van der Waals surface area contributed by atoms with Crippen molar-refractivity contribution in [2.45, 2.75) is 13.1 Å². The summed E-state index contributed by atoms with van der Waals surface area (Å²) in [5.41, 5.74) is 2.75. The zero-order valence-electron chi connectivity index (χ0n) is 16.1. The van der Waals surface area contributed by atoms with Crippen molar-refractivity contribution in [2.75, 3.05) is 10.6 Å². The number of hydrogen-bond donors (Lipinski definition) is 2. The minimum atomic E-state index is -0.372. The van der Waals surface area contributed by atoms with Gasteiger partial charge in [0.1, 0.15) is 5.82 Å². The Morgan fingerprint density at radius 3 is 2.13 bits per heavy atom. The van der Waals surface area contributed by atoms with Crippen LogP contribution in [0.3, 0.4) is 0 Å². The summed E-state index contributed by atoms with van der Waals surface area (Å²) >= 11 is 17.6. The van der Waals surface area contributed by atoms with Gasteiger partial charge in [-0.2, -0.15) is 10.2 Å². The largest absolute Gasteiger partial charge is 0.330 e. The first-order valence-corrected chi connectivity index (χ1v) is 10.4. The van der Waals surface area contributed by atoms with Crippen molar-refractivity contribution in [3.63, 3.8) is 0 Å². The van der Waals surface area contributed by atoms with Crippen LogP contribution in [-0.2, 0) is 13.1 Å². The molecule has 4 aromatic rings. The zero-order chi connectivity index (χ0) is 21.8. The van der Waals surface area contributed by atoms with E-state index >= 15 is 0 Å². The van der Waals surface area contributed by atoms with E-state index in [4.69, 9.17) is 35.4 Å². The molecule has 2 aromatic heterocycles. The maximum absolute atomic E-state index is 14.0. The minimum Gasteiger partial charge on any atom is -0.330 e. The molecule has 0 saturated heterocycles. The Bertz CT molecular complexity index is 1200. The highest BCUT2D eigenvalue weighted by molar-refractivity contribution is 7.80. The molecular weight excluding hydrogens is 458 g/mol. The van der Waals surface area contributed by atoms with Gasteiger partial charge < -0.3 is 10.6 Å². The van der Waals surface area contributed by atoms with Crippen molar-refractivity contribution in [1.29, 1.82) is 0 Å². The Morgan fingerprint density at radius 1 is 0.871 bits per heavy atom. The SMILES string of the molecule is Fc1cccc(Cl)c1Cn1cc(NC(=S)Nc2cnn(Cc3ccccc3Cl)c2)cn1. The van der Waals surface area contributed by atoms with Crippen LogP contribution in [0.1, 0.15) is 11.1 Å². The van der Waals surface area contributed by atoms with Crippen LogP contribution in [0.25, 0.3) is 0 Å². The fraction of sp³-hybridized carbons (Fsp3) is 0.0952. The van der Waals surface area contributed by atoms with Crippen molar-refractivity contribution in [3.05, 3.63) is 94.2 Å². The summed E-state index contributed by atoms with van der Waals surface area (Å²) in [4.78, 5) is 0. The van der Waals surface area contributed by atoms with Gasteiger partial charge in [-0.25, -0.2) is 4.39 Å². The van der Waals surface area contributed by atoms with Crippen LogP contribution in [0, 0.1) is 5.82 Å². The van der Waals surface area contributed by atoms with Crippen molar-refractivity contribution in [1.82, 2.24) is 19.6 Å². The van der Waals surface area contributed by atoms with E-state index < -0.39 is 0 Å². The van der Waals surface area contributed by atoms with E-state index in [0.29, 0.717) is 33.0 Å². The third kappa shape index (κ3) is 5.41. The molecule has 0 radical (unpaired) electrons. The van der Waals surface area contributed by atoms with Crippen LogP contribution in [0.15, 0.2) is 67.3 Å². The van der Waals surface area contributed by atoms with Crippen LogP contribution in [0.5, 0.6) is 0 Å². The van der Waals surface area contributed by atoms with Crippen LogP contribution in [-0.4, -0.2) is 24.7 Å². The average molecular weight is 475 g/mol. The van der Waals surface area contributed by atoms with Gasteiger partial charge >= 0.3 is 0 Å². The number of aromatic nitrogens is 4. The van der Waals surface area contributed by atoms with Crippen molar-refractivity contribution < 1.29 is 4.39 Å². The average Bonchev–Trinajstić information content (AvgIpc) is 3.36. The van der Waals surface area contributed by atoms with Gasteiger partial charge in [-0.05, 0) is 36.0 Å². The Morgan fingerprint density at radius 2 is 1.48 bits per heavy atom. The maximum Gasteiger partial charge on any atom is 0.175 e. The van der Waals surface area contributed by atoms with Gasteiger partial charge in [0.05, 0.1) is 36.9 Å².